The molecule has 0 heterocycles. The van der Waals surface area contributed by atoms with Crippen molar-refractivity contribution in [2.75, 3.05) is 0 Å². The topological polar surface area (TPSA) is 17.1 Å². The number of ketones is 1. The van der Waals surface area contributed by atoms with Gasteiger partial charge in [-0.15, -0.1) is 11.8 Å². The lowest BCUT2D eigenvalue weighted by atomic mass is 10.2. The minimum atomic E-state index is 0.260. The van der Waals surface area contributed by atoms with Crippen molar-refractivity contribution in [2.24, 2.45) is 0 Å². The van der Waals surface area contributed by atoms with E-state index in [1.807, 2.05) is 18.2 Å². The molecular formula is C11H14OS. The SMILES string of the molecule is CC(=O)CC(C)Sc1ccccc1. The van der Waals surface area contributed by atoms with Crippen LogP contribution in [0.15, 0.2) is 35.2 Å². The van der Waals surface area contributed by atoms with Crippen LogP contribution in [0, 0.1) is 0 Å². The Morgan fingerprint density at radius 3 is 2.54 bits per heavy atom. The van der Waals surface area contributed by atoms with Gasteiger partial charge >= 0.3 is 0 Å². The molecule has 1 unspecified atom stereocenters. The van der Waals surface area contributed by atoms with Gasteiger partial charge in [-0.2, -0.15) is 0 Å². The standard InChI is InChI=1S/C11H14OS/c1-9(12)8-10(2)13-11-6-4-3-5-7-11/h3-7,10H,8H2,1-2H3. The van der Waals surface area contributed by atoms with Gasteiger partial charge in [0.05, 0.1) is 0 Å². The molecule has 0 radical (unpaired) electrons. The van der Waals surface area contributed by atoms with Crippen molar-refractivity contribution in [1.82, 2.24) is 0 Å². The monoisotopic (exact) mass is 194 g/mol. The van der Waals surface area contributed by atoms with Crippen LogP contribution in [-0.4, -0.2) is 11.0 Å². The summed E-state index contributed by atoms with van der Waals surface area (Å²) in [5, 5.41) is 0.375. The molecule has 1 aromatic carbocycles. The number of hydrogen-bond acceptors (Lipinski definition) is 2. The molecule has 0 spiro atoms. The Kier molecular flexibility index (Phi) is 4.03. The van der Waals surface area contributed by atoms with Crippen molar-refractivity contribution in [1.29, 1.82) is 0 Å². The first-order chi connectivity index (χ1) is 6.18. The first-order valence-corrected chi connectivity index (χ1v) is 5.27. The highest BCUT2D eigenvalue weighted by molar-refractivity contribution is 8.00. The Morgan fingerprint density at radius 2 is 2.00 bits per heavy atom. The van der Waals surface area contributed by atoms with Gasteiger partial charge in [0.1, 0.15) is 5.78 Å². The third-order valence-corrected chi connectivity index (χ3v) is 2.77. The number of thioether (sulfide) groups is 1. The van der Waals surface area contributed by atoms with Crippen LogP contribution in [0.3, 0.4) is 0 Å². The van der Waals surface area contributed by atoms with Gasteiger partial charge in [0, 0.05) is 16.6 Å². The summed E-state index contributed by atoms with van der Waals surface area (Å²) in [5.74, 6) is 0.260. The van der Waals surface area contributed by atoms with Crippen LogP contribution in [0.5, 0.6) is 0 Å². The van der Waals surface area contributed by atoms with E-state index in [9.17, 15) is 4.79 Å². The highest BCUT2D eigenvalue weighted by atomic mass is 32.2. The first-order valence-electron chi connectivity index (χ1n) is 4.39. The van der Waals surface area contributed by atoms with Crippen molar-refractivity contribution in [3.05, 3.63) is 30.3 Å². The molecule has 2 heteroatoms. The van der Waals surface area contributed by atoms with Gasteiger partial charge in [-0.25, -0.2) is 0 Å². The Hall–Kier alpha value is -0.760. The van der Waals surface area contributed by atoms with E-state index in [0.717, 1.165) is 0 Å². The Labute approximate surface area is 83.5 Å². The number of carbonyl (C=O) groups excluding carboxylic acids is 1. The normalized spacial score (nSPS) is 12.5. The first kappa shape index (κ1) is 10.3. The number of hydrogen-bond donors (Lipinski definition) is 0. The van der Waals surface area contributed by atoms with Crippen molar-refractivity contribution >= 4 is 17.5 Å². The van der Waals surface area contributed by atoms with Gasteiger partial charge < -0.3 is 0 Å². The molecule has 0 aliphatic rings. The molecule has 1 nitrogen and oxygen atoms in total. The molecule has 70 valence electrons. The van der Waals surface area contributed by atoms with Crippen molar-refractivity contribution in [3.8, 4) is 0 Å². The second-order valence-corrected chi connectivity index (χ2v) is 4.66. The summed E-state index contributed by atoms with van der Waals surface area (Å²) in [4.78, 5) is 12.1. The number of Topliss-reactive ketones (excluding diaryl/α,β-unsaturated/α-hetero) is 1. The van der Waals surface area contributed by atoms with Crippen molar-refractivity contribution < 1.29 is 4.79 Å². The molecule has 0 N–H and O–H groups in total. The summed E-state index contributed by atoms with van der Waals surface area (Å²) >= 11 is 1.75. The summed E-state index contributed by atoms with van der Waals surface area (Å²) < 4.78 is 0. The van der Waals surface area contributed by atoms with Crippen LogP contribution in [0.4, 0.5) is 0 Å². The zero-order valence-corrected chi connectivity index (χ0v) is 8.80. The van der Waals surface area contributed by atoms with Crippen molar-refractivity contribution in [2.45, 2.75) is 30.4 Å². The van der Waals surface area contributed by atoms with Gasteiger partial charge in [0.15, 0.2) is 0 Å². The molecule has 0 aromatic heterocycles. The second kappa shape index (κ2) is 5.07. The number of benzene rings is 1. The average Bonchev–Trinajstić information content (AvgIpc) is 2.04. The van der Waals surface area contributed by atoms with E-state index in [0.29, 0.717) is 11.7 Å². The Balaban J connectivity index is 2.45. The summed E-state index contributed by atoms with van der Waals surface area (Å²) in [6, 6.07) is 10.2. The van der Waals surface area contributed by atoms with Gasteiger partial charge in [0.25, 0.3) is 0 Å². The predicted octanol–water partition coefficient (Wildman–Crippen LogP) is 3.15. The van der Waals surface area contributed by atoms with Crippen LogP contribution < -0.4 is 0 Å². The minimum Gasteiger partial charge on any atom is -0.300 e. The lowest BCUT2D eigenvalue weighted by molar-refractivity contribution is -0.116. The predicted molar refractivity (Wildman–Crippen MR) is 57.1 cm³/mol. The highest BCUT2D eigenvalue weighted by Crippen LogP contribution is 2.24. The fraction of sp³-hybridized carbons (Fsp3) is 0.364. The maximum atomic E-state index is 10.8. The molecular weight excluding hydrogens is 180 g/mol. The van der Waals surface area contributed by atoms with E-state index < -0.39 is 0 Å². The average molecular weight is 194 g/mol. The van der Waals surface area contributed by atoms with E-state index >= 15 is 0 Å². The second-order valence-electron chi connectivity index (χ2n) is 3.15. The van der Waals surface area contributed by atoms with Gasteiger partial charge in [-0.1, -0.05) is 25.1 Å². The molecule has 0 aliphatic heterocycles. The maximum absolute atomic E-state index is 10.8. The van der Waals surface area contributed by atoms with E-state index in [2.05, 4.69) is 19.1 Å². The van der Waals surface area contributed by atoms with Crippen LogP contribution >= 0.6 is 11.8 Å². The van der Waals surface area contributed by atoms with Crippen molar-refractivity contribution in [3.63, 3.8) is 0 Å². The van der Waals surface area contributed by atoms with E-state index in [1.54, 1.807) is 18.7 Å². The fourth-order valence-corrected chi connectivity index (χ4v) is 2.27. The van der Waals surface area contributed by atoms with Crippen LogP contribution in [0.2, 0.25) is 0 Å². The minimum absolute atomic E-state index is 0.260. The van der Waals surface area contributed by atoms with Gasteiger partial charge in [-0.05, 0) is 19.1 Å². The quantitative estimate of drug-likeness (QED) is 0.685. The maximum Gasteiger partial charge on any atom is 0.130 e. The van der Waals surface area contributed by atoms with Crippen LogP contribution in [-0.2, 0) is 4.79 Å². The largest absolute Gasteiger partial charge is 0.300 e. The van der Waals surface area contributed by atoms with E-state index in [1.165, 1.54) is 4.90 Å². The molecule has 0 bridgehead atoms. The van der Waals surface area contributed by atoms with Gasteiger partial charge in [-0.3, -0.25) is 4.79 Å². The third-order valence-electron chi connectivity index (χ3n) is 1.66. The van der Waals surface area contributed by atoms with E-state index in [4.69, 9.17) is 0 Å². The Bertz CT molecular complexity index is 269. The molecule has 0 saturated heterocycles. The molecule has 0 saturated carbocycles. The van der Waals surface area contributed by atoms with E-state index in [-0.39, 0.29) is 5.78 Å². The summed E-state index contributed by atoms with van der Waals surface area (Å²) in [6.45, 7) is 3.72. The molecule has 0 fully saturated rings. The zero-order chi connectivity index (χ0) is 9.68. The van der Waals surface area contributed by atoms with Crippen LogP contribution in [0.1, 0.15) is 20.3 Å². The molecule has 1 aromatic rings. The lowest BCUT2D eigenvalue weighted by Crippen LogP contribution is -2.02. The lowest BCUT2D eigenvalue weighted by Gasteiger charge is -2.08. The smallest absolute Gasteiger partial charge is 0.130 e. The molecule has 13 heavy (non-hydrogen) atoms. The molecule has 0 aliphatic carbocycles. The summed E-state index contributed by atoms with van der Waals surface area (Å²) in [7, 11) is 0. The number of rotatable bonds is 4. The zero-order valence-electron chi connectivity index (χ0n) is 7.99. The third kappa shape index (κ3) is 4.13. The molecule has 1 rings (SSSR count). The molecule has 1 atom stereocenters. The fourth-order valence-electron chi connectivity index (χ4n) is 1.18. The summed E-state index contributed by atoms with van der Waals surface area (Å²) in [6.07, 6.45) is 0.652. The highest BCUT2D eigenvalue weighted by Gasteiger charge is 2.06. The molecule has 0 amide bonds. The summed E-state index contributed by atoms with van der Waals surface area (Å²) in [5.41, 5.74) is 0. The van der Waals surface area contributed by atoms with Crippen LogP contribution in [0.25, 0.3) is 0 Å². The van der Waals surface area contributed by atoms with Gasteiger partial charge in [0.2, 0.25) is 0 Å². The number of carbonyl (C=O) groups is 1. The Morgan fingerprint density at radius 1 is 1.38 bits per heavy atom.